The third kappa shape index (κ3) is 3.64. The molecule has 90 valence electrons. The van der Waals surface area contributed by atoms with E-state index >= 15 is 0 Å². The number of carbonyl (C=O) groups is 2. The average Bonchev–Trinajstić information content (AvgIpc) is 2.28. The van der Waals surface area contributed by atoms with Crippen molar-refractivity contribution in [2.75, 3.05) is 12.3 Å². The van der Waals surface area contributed by atoms with E-state index in [-0.39, 0.29) is 12.2 Å². The van der Waals surface area contributed by atoms with Crippen LogP contribution in [0.4, 0.5) is 5.69 Å². The van der Waals surface area contributed by atoms with Crippen LogP contribution in [0.3, 0.4) is 0 Å². The summed E-state index contributed by atoms with van der Waals surface area (Å²) < 4.78 is 4.70. The van der Waals surface area contributed by atoms with E-state index in [1.54, 1.807) is 6.92 Å². The van der Waals surface area contributed by atoms with Crippen molar-refractivity contribution in [2.24, 2.45) is 0 Å². The van der Waals surface area contributed by atoms with Crippen LogP contribution in [0.15, 0.2) is 24.3 Å². The maximum atomic E-state index is 11.1. The molecule has 0 aliphatic carbocycles. The van der Waals surface area contributed by atoms with E-state index in [1.807, 2.05) is 0 Å². The Bertz CT molecular complexity index is 466. The zero-order valence-corrected chi connectivity index (χ0v) is 9.34. The van der Waals surface area contributed by atoms with Crippen molar-refractivity contribution >= 4 is 23.7 Å². The molecule has 0 aliphatic rings. The molecular formula is C12H13NO4. The fourth-order valence-corrected chi connectivity index (χ4v) is 1.20. The predicted molar refractivity (Wildman–Crippen MR) is 63.5 cm³/mol. The molecule has 0 saturated heterocycles. The Balaban J connectivity index is 2.93. The second kappa shape index (κ2) is 5.69. The van der Waals surface area contributed by atoms with Gasteiger partial charge >= 0.3 is 11.9 Å². The molecule has 1 aromatic carbocycles. The van der Waals surface area contributed by atoms with Crippen LogP contribution in [0.1, 0.15) is 22.8 Å². The van der Waals surface area contributed by atoms with Crippen LogP contribution in [0.25, 0.3) is 6.08 Å². The number of carbonyl (C=O) groups excluding carboxylic acids is 1. The van der Waals surface area contributed by atoms with E-state index in [9.17, 15) is 9.59 Å². The number of carboxylic acids is 1. The van der Waals surface area contributed by atoms with E-state index in [2.05, 4.69) is 0 Å². The number of nitrogen functional groups attached to an aromatic ring is 1. The van der Waals surface area contributed by atoms with Gasteiger partial charge in [0.25, 0.3) is 0 Å². The lowest BCUT2D eigenvalue weighted by Crippen LogP contribution is -2.00. The lowest BCUT2D eigenvalue weighted by Gasteiger charge is -2.02. The highest BCUT2D eigenvalue weighted by molar-refractivity contribution is 5.92. The molecule has 1 aromatic rings. The first-order valence-electron chi connectivity index (χ1n) is 5.02. The summed E-state index contributed by atoms with van der Waals surface area (Å²) in [5.41, 5.74) is 6.64. The van der Waals surface area contributed by atoms with Crippen LogP contribution < -0.4 is 5.73 Å². The summed E-state index contributed by atoms with van der Waals surface area (Å²) in [4.78, 5) is 21.8. The smallest absolute Gasteiger partial charge is 0.335 e. The maximum absolute atomic E-state index is 11.1. The fraction of sp³-hybridized carbons (Fsp3) is 0.167. The van der Waals surface area contributed by atoms with Gasteiger partial charge in [-0.05, 0) is 36.8 Å². The van der Waals surface area contributed by atoms with Gasteiger partial charge in [-0.1, -0.05) is 0 Å². The Hall–Kier alpha value is -2.30. The molecule has 0 aliphatic heterocycles. The summed E-state index contributed by atoms with van der Waals surface area (Å²) >= 11 is 0. The van der Waals surface area contributed by atoms with Gasteiger partial charge in [-0.25, -0.2) is 9.59 Å². The van der Waals surface area contributed by atoms with Gasteiger partial charge in [0.15, 0.2) is 0 Å². The Kier molecular flexibility index (Phi) is 4.28. The molecule has 0 saturated carbocycles. The number of aromatic carboxylic acids is 1. The molecule has 0 radical (unpaired) electrons. The van der Waals surface area contributed by atoms with Crippen LogP contribution in [0.5, 0.6) is 0 Å². The van der Waals surface area contributed by atoms with Crippen LogP contribution >= 0.6 is 0 Å². The van der Waals surface area contributed by atoms with Crippen LogP contribution in [-0.2, 0) is 9.53 Å². The fourth-order valence-electron chi connectivity index (χ4n) is 1.20. The SMILES string of the molecule is CCOC(=O)C=Cc1cc(C(=O)O)ccc1N. The second-order valence-electron chi connectivity index (χ2n) is 3.23. The quantitative estimate of drug-likeness (QED) is 0.469. The van der Waals surface area contributed by atoms with Gasteiger partial charge < -0.3 is 15.6 Å². The zero-order chi connectivity index (χ0) is 12.8. The number of benzene rings is 1. The van der Waals surface area contributed by atoms with Crippen molar-refractivity contribution in [3.8, 4) is 0 Å². The zero-order valence-electron chi connectivity index (χ0n) is 9.34. The van der Waals surface area contributed by atoms with E-state index in [4.69, 9.17) is 15.6 Å². The summed E-state index contributed by atoms with van der Waals surface area (Å²) in [6.45, 7) is 1.99. The highest BCUT2D eigenvalue weighted by atomic mass is 16.5. The number of esters is 1. The summed E-state index contributed by atoms with van der Waals surface area (Å²) in [7, 11) is 0. The molecule has 0 spiro atoms. The number of carboxylic acid groups (broad SMARTS) is 1. The minimum Gasteiger partial charge on any atom is -0.478 e. The second-order valence-corrected chi connectivity index (χ2v) is 3.23. The number of anilines is 1. The van der Waals surface area contributed by atoms with Gasteiger partial charge in [-0.15, -0.1) is 0 Å². The molecule has 0 bridgehead atoms. The Morgan fingerprint density at radius 3 is 2.76 bits per heavy atom. The Morgan fingerprint density at radius 1 is 1.47 bits per heavy atom. The highest BCUT2D eigenvalue weighted by Crippen LogP contribution is 2.16. The number of nitrogens with two attached hydrogens (primary N) is 1. The lowest BCUT2D eigenvalue weighted by atomic mass is 10.1. The summed E-state index contributed by atoms with van der Waals surface area (Å²) in [6.07, 6.45) is 2.64. The van der Waals surface area contributed by atoms with Crippen molar-refractivity contribution in [1.82, 2.24) is 0 Å². The van der Waals surface area contributed by atoms with Gasteiger partial charge in [0.1, 0.15) is 0 Å². The van der Waals surface area contributed by atoms with Gasteiger partial charge in [-0.2, -0.15) is 0 Å². The van der Waals surface area contributed by atoms with Crippen molar-refractivity contribution in [3.05, 3.63) is 35.4 Å². The first-order chi connectivity index (χ1) is 8.04. The van der Waals surface area contributed by atoms with E-state index < -0.39 is 11.9 Å². The largest absolute Gasteiger partial charge is 0.478 e. The molecule has 3 N–H and O–H groups in total. The first-order valence-corrected chi connectivity index (χ1v) is 5.02. The Labute approximate surface area is 98.5 Å². The average molecular weight is 235 g/mol. The molecule has 0 heterocycles. The normalized spacial score (nSPS) is 10.4. The van der Waals surface area contributed by atoms with Crippen LogP contribution in [0, 0.1) is 0 Å². The molecule has 0 unspecified atom stereocenters. The standard InChI is InChI=1S/C12H13NO4/c1-2-17-11(14)6-4-8-7-9(12(15)16)3-5-10(8)13/h3-7H,2,13H2,1H3,(H,15,16). The molecule has 0 aromatic heterocycles. The van der Waals surface area contributed by atoms with Crippen molar-refractivity contribution in [2.45, 2.75) is 6.92 Å². The lowest BCUT2D eigenvalue weighted by molar-refractivity contribution is -0.137. The molecule has 0 amide bonds. The van der Waals surface area contributed by atoms with Crippen molar-refractivity contribution in [3.63, 3.8) is 0 Å². The third-order valence-electron chi connectivity index (χ3n) is 2.02. The molecule has 17 heavy (non-hydrogen) atoms. The minimum atomic E-state index is -1.05. The number of rotatable bonds is 4. The number of ether oxygens (including phenoxy) is 1. The Morgan fingerprint density at radius 2 is 2.18 bits per heavy atom. The van der Waals surface area contributed by atoms with E-state index in [0.717, 1.165) is 0 Å². The van der Waals surface area contributed by atoms with Crippen molar-refractivity contribution < 1.29 is 19.4 Å². The van der Waals surface area contributed by atoms with Crippen molar-refractivity contribution in [1.29, 1.82) is 0 Å². The first kappa shape index (κ1) is 12.8. The maximum Gasteiger partial charge on any atom is 0.335 e. The topological polar surface area (TPSA) is 89.6 Å². The van der Waals surface area contributed by atoms with Gasteiger partial charge in [0, 0.05) is 11.8 Å². The molecule has 0 atom stereocenters. The monoisotopic (exact) mass is 235 g/mol. The van der Waals surface area contributed by atoms with Gasteiger partial charge in [-0.3, -0.25) is 0 Å². The summed E-state index contributed by atoms with van der Waals surface area (Å²) in [6, 6.07) is 4.28. The van der Waals surface area contributed by atoms with Crippen LogP contribution in [-0.4, -0.2) is 23.7 Å². The third-order valence-corrected chi connectivity index (χ3v) is 2.02. The number of hydrogen-bond donors (Lipinski definition) is 2. The predicted octanol–water partition coefficient (Wildman–Crippen LogP) is 1.54. The highest BCUT2D eigenvalue weighted by Gasteiger charge is 2.05. The molecule has 1 rings (SSSR count). The van der Waals surface area contributed by atoms with Crippen LogP contribution in [0.2, 0.25) is 0 Å². The summed E-state index contributed by atoms with van der Waals surface area (Å²) in [5, 5.41) is 8.81. The van der Waals surface area contributed by atoms with E-state index in [1.165, 1.54) is 30.4 Å². The molecular weight excluding hydrogens is 222 g/mol. The molecule has 5 heteroatoms. The number of hydrogen-bond acceptors (Lipinski definition) is 4. The van der Waals surface area contributed by atoms with E-state index in [0.29, 0.717) is 11.3 Å². The molecule has 5 nitrogen and oxygen atoms in total. The minimum absolute atomic E-state index is 0.114. The summed E-state index contributed by atoms with van der Waals surface area (Å²) in [5.74, 6) is -1.54. The van der Waals surface area contributed by atoms with Gasteiger partial charge in [0.2, 0.25) is 0 Å². The van der Waals surface area contributed by atoms with Gasteiger partial charge in [0.05, 0.1) is 12.2 Å². The molecule has 0 fully saturated rings.